The number of carbonyl (C=O) groups excluding carboxylic acids is 1. The van der Waals surface area contributed by atoms with E-state index in [1.165, 1.54) is 24.3 Å². The van der Waals surface area contributed by atoms with E-state index in [4.69, 9.17) is 20.4 Å². The minimum atomic E-state index is -1.09. The number of carbonyl (C=O) groups is 1. The number of amidine groups is 2. The summed E-state index contributed by atoms with van der Waals surface area (Å²) in [6.07, 6.45) is 5.08. The van der Waals surface area contributed by atoms with Crippen LogP contribution in [0.4, 0.5) is 8.78 Å². The number of hydrogen-bond acceptors (Lipinski definition) is 7. The predicted octanol–water partition coefficient (Wildman–Crippen LogP) is 3.82. The summed E-state index contributed by atoms with van der Waals surface area (Å²) in [4.78, 5) is 31.8. The van der Waals surface area contributed by atoms with Gasteiger partial charge in [-0.25, -0.2) is 28.7 Å². The summed E-state index contributed by atoms with van der Waals surface area (Å²) in [6, 6.07) is 11.5. The first-order valence-electron chi connectivity index (χ1n) is 12.6. The number of nitrogens with one attached hydrogen (secondary N) is 1. The second kappa shape index (κ2) is 8.42. The monoisotopic (exact) mass is 527 g/mol. The number of hydrogen-bond donors (Lipinski definition) is 2. The van der Waals surface area contributed by atoms with Gasteiger partial charge in [0.15, 0.2) is 5.84 Å². The fraction of sp³-hybridized carbons (Fsp3) is 0.250. The van der Waals surface area contributed by atoms with Gasteiger partial charge in [0.1, 0.15) is 35.1 Å². The van der Waals surface area contributed by atoms with Crippen molar-refractivity contribution in [3.8, 4) is 11.6 Å². The van der Waals surface area contributed by atoms with Gasteiger partial charge in [0.05, 0.1) is 17.0 Å². The molecule has 11 heteroatoms. The maximum atomic E-state index is 13.9. The Morgan fingerprint density at radius 2 is 1.87 bits per heavy atom. The molecule has 2 aliphatic heterocycles. The summed E-state index contributed by atoms with van der Waals surface area (Å²) >= 11 is 0. The van der Waals surface area contributed by atoms with Crippen molar-refractivity contribution in [1.82, 2.24) is 19.7 Å². The summed E-state index contributed by atoms with van der Waals surface area (Å²) in [5.41, 5.74) is 7.75. The average Bonchev–Trinajstić information content (AvgIpc) is 3.60. The molecule has 4 aromatic rings. The second-order valence-corrected chi connectivity index (χ2v) is 10.3. The Kier molecular flexibility index (Phi) is 5.06. The molecule has 3 unspecified atom stereocenters. The molecule has 3 aliphatic rings. The van der Waals surface area contributed by atoms with Crippen molar-refractivity contribution in [2.24, 2.45) is 21.6 Å². The van der Waals surface area contributed by atoms with E-state index in [1.807, 2.05) is 6.20 Å². The Bertz CT molecular complexity index is 1710. The van der Waals surface area contributed by atoms with Crippen LogP contribution >= 0.6 is 0 Å². The maximum Gasteiger partial charge on any atom is 0.264 e. The van der Waals surface area contributed by atoms with Crippen LogP contribution in [-0.2, 0) is 10.2 Å². The van der Waals surface area contributed by atoms with E-state index in [2.05, 4.69) is 15.3 Å². The molecular weight excluding hydrogens is 504 g/mol. The van der Waals surface area contributed by atoms with Crippen LogP contribution in [0.15, 0.2) is 70.9 Å². The number of aromatic nitrogens is 3. The Labute approximate surface area is 221 Å². The lowest BCUT2D eigenvalue weighted by molar-refractivity contribution is -0.123. The molecule has 1 saturated carbocycles. The lowest BCUT2D eigenvalue weighted by Gasteiger charge is -2.31. The molecule has 9 nitrogen and oxygen atoms in total. The zero-order chi connectivity index (χ0) is 26.9. The number of imidazole rings is 1. The summed E-state index contributed by atoms with van der Waals surface area (Å²) in [6.45, 7) is 1.75. The van der Waals surface area contributed by atoms with Crippen LogP contribution in [0, 0.1) is 17.6 Å². The van der Waals surface area contributed by atoms with Gasteiger partial charge in [0.25, 0.3) is 5.88 Å². The van der Waals surface area contributed by atoms with Crippen molar-refractivity contribution in [2.45, 2.75) is 37.3 Å². The molecule has 3 N–H and O–H groups in total. The topological polar surface area (TPSA) is 119 Å². The van der Waals surface area contributed by atoms with Crippen LogP contribution < -0.4 is 15.8 Å². The van der Waals surface area contributed by atoms with E-state index < -0.39 is 29.1 Å². The molecule has 0 bridgehead atoms. The predicted molar refractivity (Wildman–Crippen MR) is 139 cm³/mol. The smallest absolute Gasteiger partial charge is 0.264 e. The van der Waals surface area contributed by atoms with Crippen molar-refractivity contribution in [1.29, 1.82) is 0 Å². The zero-order valence-electron chi connectivity index (χ0n) is 20.8. The van der Waals surface area contributed by atoms with Gasteiger partial charge in [-0.2, -0.15) is 0 Å². The molecule has 0 spiro atoms. The van der Waals surface area contributed by atoms with Gasteiger partial charge in [-0.15, -0.1) is 0 Å². The summed E-state index contributed by atoms with van der Waals surface area (Å²) < 4.78 is 35.2. The van der Waals surface area contributed by atoms with E-state index in [1.54, 1.807) is 41.8 Å². The SMILES string of the molecule is CC1(c2ccc(F)cc2)C(=O)NC2N=C(c3cn4cc(C5CC5)nc4c(Oc4cccc(F)c4)n3)N=C(N)C21. The molecule has 1 amide bonds. The number of nitrogens with zero attached hydrogens (tertiary/aromatic N) is 5. The quantitative estimate of drug-likeness (QED) is 0.409. The van der Waals surface area contributed by atoms with Gasteiger partial charge >= 0.3 is 0 Å². The number of fused-ring (bicyclic) bond motifs is 2. The van der Waals surface area contributed by atoms with Crippen molar-refractivity contribution < 1.29 is 18.3 Å². The molecule has 2 aromatic heterocycles. The van der Waals surface area contributed by atoms with Gasteiger partial charge in [0, 0.05) is 24.4 Å². The first-order chi connectivity index (χ1) is 18.8. The van der Waals surface area contributed by atoms with Gasteiger partial charge in [0.2, 0.25) is 11.6 Å². The number of aliphatic imine (C=N–C) groups is 2. The standard InChI is InChI=1S/C28H23F2N7O2/c1-28(15-7-9-16(29)10-8-15)21-22(31)34-23(35-24(21)36-27(28)38)20-13-37-12-19(14-5-6-14)32-25(37)26(33-20)39-18-4-2-3-17(30)11-18/h2-4,7-14,21,24H,5-6H2,1H3,(H,36,38)(H2,31,34,35). The first-order valence-corrected chi connectivity index (χ1v) is 12.6. The number of ether oxygens (including phenoxy) is 1. The van der Waals surface area contributed by atoms with Crippen molar-refractivity contribution in [3.63, 3.8) is 0 Å². The van der Waals surface area contributed by atoms with Gasteiger partial charge in [-0.05, 0) is 49.6 Å². The van der Waals surface area contributed by atoms with Crippen molar-refractivity contribution >= 4 is 23.2 Å². The van der Waals surface area contributed by atoms with Crippen LogP contribution in [0.25, 0.3) is 5.65 Å². The van der Waals surface area contributed by atoms with Crippen LogP contribution in [0.5, 0.6) is 11.6 Å². The van der Waals surface area contributed by atoms with E-state index in [0.717, 1.165) is 18.5 Å². The number of nitrogens with two attached hydrogens (primary N) is 1. The molecule has 3 atom stereocenters. The molecule has 39 heavy (non-hydrogen) atoms. The van der Waals surface area contributed by atoms with Gasteiger partial charge < -0.3 is 15.8 Å². The molecule has 7 rings (SSSR count). The second-order valence-electron chi connectivity index (χ2n) is 10.3. The average molecular weight is 528 g/mol. The number of amides is 1. The lowest BCUT2D eigenvalue weighted by Crippen LogP contribution is -2.46. The molecule has 4 heterocycles. The number of benzene rings is 2. The van der Waals surface area contributed by atoms with Crippen molar-refractivity contribution in [2.75, 3.05) is 0 Å². The highest BCUT2D eigenvalue weighted by atomic mass is 19.1. The summed E-state index contributed by atoms with van der Waals surface area (Å²) in [5.74, 6) is -0.476. The third-order valence-corrected chi connectivity index (χ3v) is 7.61. The Morgan fingerprint density at radius 1 is 1.08 bits per heavy atom. The van der Waals surface area contributed by atoms with E-state index in [-0.39, 0.29) is 29.2 Å². The Hall–Kier alpha value is -4.67. The van der Waals surface area contributed by atoms with Crippen molar-refractivity contribution in [3.05, 3.63) is 89.5 Å². The Balaban J connectivity index is 1.30. The number of halogens is 2. The largest absolute Gasteiger partial charge is 0.436 e. The molecule has 1 saturated heterocycles. The third-order valence-electron chi connectivity index (χ3n) is 7.61. The Morgan fingerprint density at radius 3 is 2.62 bits per heavy atom. The van der Waals surface area contributed by atoms with Crippen LogP contribution in [-0.4, -0.2) is 38.1 Å². The minimum absolute atomic E-state index is 0.162. The fourth-order valence-corrected chi connectivity index (χ4v) is 5.35. The van der Waals surface area contributed by atoms with Gasteiger partial charge in [-0.1, -0.05) is 18.2 Å². The first kappa shape index (κ1) is 23.4. The molecule has 0 radical (unpaired) electrons. The third kappa shape index (κ3) is 3.84. The summed E-state index contributed by atoms with van der Waals surface area (Å²) in [7, 11) is 0. The van der Waals surface area contributed by atoms with E-state index in [9.17, 15) is 13.6 Å². The molecule has 1 aliphatic carbocycles. The molecule has 196 valence electrons. The lowest BCUT2D eigenvalue weighted by atomic mass is 9.72. The molecule has 2 aromatic carbocycles. The zero-order valence-corrected chi connectivity index (χ0v) is 20.8. The highest BCUT2D eigenvalue weighted by molar-refractivity contribution is 6.11. The van der Waals surface area contributed by atoms with E-state index in [0.29, 0.717) is 22.8 Å². The minimum Gasteiger partial charge on any atom is -0.436 e. The molecular formula is C28H23F2N7O2. The molecule has 2 fully saturated rings. The summed E-state index contributed by atoms with van der Waals surface area (Å²) in [5, 5.41) is 2.91. The normalized spacial score (nSPS) is 24.2. The highest BCUT2D eigenvalue weighted by Crippen LogP contribution is 2.42. The van der Waals surface area contributed by atoms with E-state index >= 15 is 0 Å². The van der Waals surface area contributed by atoms with Crippen LogP contribution in [0.1, 0.15) is 42.6 Å². The fourth-order valence-electron chi connectivity index (χ4n) is 5.35. The van der Waals surface area contributed by atoms with Crippen LogP contribution in [0.3, 0.4) is 0 Å². The highest BCUT2D eigenvalue weighted by Gasteiger charge is 2.56. The maximum absolute atomic E-state index is 13.9. The number of rotatable bonds is 5. The van der Waals surface area contributed by atoms with Gasteiger partial charge in [-0.3, -0.25) is 9.20 Å². The van der Waals surface area contributed by atoms with Crippen LogP contribution in [0.2, 0.25) is 0 Å².